The molecule has 3 heterocycles. The van der Waals surface area contributed by atoms with E-state index in [0.717, 1.165) is 18.9 Å². The predicted molar refractivity (Wildman–Crippen MR) is 157 cm³/mol. The van der Waals surface area contributed by atoms with E-state index in [-0.39, 0.29) is 31.9 Å². The van der Waals surface area contributed by atoms with Gasteiger partial charge in [0.05, 0.1) is 16.8 Å². The molecule has 40 heavy (non-hydrogen) atoms. The summed E-state index contributed by atoms with van der Waals surface area (Å²) in [5.41, 5.74) is 0.961. The minimum atomic E-state index is -3.55. The van der Waals surface area contributed by atoms with Crippen LogP contribution in [0.4, 0.5) is 10.9 Å². The molecule has 1 aromatic carbocycles. The lowest BCUT2D eigenvalue weighted by Crippen LogP contribution is -2.28. The van der Waals surface area contributed by atoms with Gasteiger partial charge in [0.1, 0.15) is 22.8 Å². The Bertz CT molecular complexity index is 1440. The Hall–Kier alpha value is -3.17. The fourth-order valence-corrected chi connectivity index (χ4v) is 6.32. The van der Waals surface area contributed by atoms with Crippen LogP contribution in [0.15, 0.2) is 46.4 Å². The van der Waals surface area contributed by atoms with Crippen molar-refractivity contribution in [3.63, 3.8) is 0 Å². The predicted octanol–water partition coefficient (Wildman–Crippen LogP) is 2.24. The number of aromatic nitrogens is 2. The van der Waals surface area contributed by atoms with Gasteiger partial charge in [0.2, 0.25) is 0 Å². The zero-order chi connectivity index (χ0) is 28.7. The summed E-state index contributed by atoms with van der Waals surface area (Å²) in [5, 5.41) is 15.5. The van der Waals surface area contributed by atoms with Gasteiger partial charge in [-0.05, 0) is 44.8 Å². The maximum Gasteiger partial charge on any atom is 0.280 e. The van der Waals surface area contributed by atoms with Crippen molar-refractivity contribution in [1.29, 1.82) is 0 Å². The van der Waals surface area contributed by atoms with Crippen molar-refractivity contribution in [3.05, 3.63) is 42.0 Å². The van der Waals surface area contributed by atoms with Crippen LogP contribution in [-0.2, 0) is 24.2 Å². The van der Waals surface area contributed by atoms with E-state index in [1.54, 1.807) is 0 Å². The third-order valence-corrected chi connectivity index (χ3v) is 9.34. The number of fused-ring (bicyclic) bond motifs is 1. The molecule has 1 fully saturated rings. The van der Waals surface area contributed by atoms with Gasteiger partial charge in [-0.1, -0.05) is 28.6 Å². The number of benzene rings is 1. The van der Waals surface area contributed by atoms with Gasteiger partial charge >= 0.3 is 0 Å². The summed E-state index contributed by atoms with van der Waals surface area (Å²) >= 11 is 1.23. The minimum absolute atomic E-state index is 0. The van der Waals surface area contributed by atoms with Crippen LogP contribution in [0.3, 0.4) is 0 Å². The summed E-state index contributed by atoms with van der Waals surface area (Å²) in [6.07, 6.45) is 0.788. The molecule has 1 atom stereocenters. The summed E-state index contributed by atoms with van der Waals surface area (Å²) in [6.45, 7) is 2.29. The molecule has 0 spiro atoms. The number of amides is 1. The van der Waals surface area contributed by atoms with Gasteiger partial charge in [0.15, 0.2) is 20.7 Å². The monoisotopic (exact) mass is 592 g/mol. The lowest BCUT2D eigenvalue weighted by molar-refractivity contribution is -0.110. The molecule has 1 amide bonds. The highest BCUT2D eigenvalue weighted by Gasteiger charge is 2.31. The van der Waals surface area contributed by atoms with Crippen molar-refractivity contribution in [1.82, 2.24) is 14.9 Å². The Morgan fingerprint density at radius 1 is 1.20 bits per heavy atom. The number of ether oxygens (including phenoxy) is 1. The summed E-state index contributed by atoms with van der Waals surface area (Å²) in [6, 6.07) is 9.69. The molecule has 4 rings (SSSR count). The van der Waals surface area contributed by atoms with Crippen LogP contribution in [-0.4, -0.2) is 106 Å². The molecule has 0 aliphatic carbocycles. The molecule has 1 aliphatic rings. The van der Waals surface area contributed by atoms with Crippen LogP contribution in [0, 0.1) is 0 Å². The number of hydrogen-bond acceptors (Lipinski definition) is 12. The Kier molecular flexibility index (Phi) is 10.0. The van der Waals surface area contributed by atoms with Crippen molar-refractivity contribution < 1.29 is 29.3 Å². The quantitative estimate of drug-likeness (QED) is 0.172. The van der Waals surface area contributed by atoms with Gasteiger partial charge < -0.3 is 24.5 Å². The molecule has 14 heteroatoms. The van der Waals surface area contributed by atoms with Crippen molar-refractivity contribution in [3.8, 4) is 0 Å². The SMILES string of the molecule is CN(C)CCN(C)c1ccc2nc(NC(=O)/C(=N/OCCCO)c3ccc(S(=O)(=O)[C@H]4CCOC4)cc3)sc2n1.[HH]. The number of oxime groups is 1. The van der Waals surface area contributed by atoms with Crippen LogP contribution < -0.4 is 10.2 Å². The van der Waals surface area contributed by atoms with E-state index in [2.05, 4.69) is 30.2 Å². The number of aliphatic hydroxyl groups excluding tert-OH is 1. The number of thiazole rings is 1. The molecule has 12 nitrogen and oxygen atoms in total. The highest BCUT2D eigenvalue weighted by atomic mass is 32.2. The first-order chi connectivity index (χ1) is 19.2. The fourth-order valence-electron chi connectivity index (χ4n) is 3.91. The maximum absolute atomic E-state index is 13.3. The molecule has 0 saturated carbocycles. The number of carbonyl (C=O) groups is 1. The normalized spacial score (nSPS) is 16.0. The molecular weight excluding hydrogens is 556 g/mol. The van der Waals surface area contributed by atoms with Crippen LogP contribution >= 0.6 is 11.3 Å². The second kappa shape index (κ2) is 13.5. The topological polar surface area (TPSA) is 147 Å². The van der Waals surface area contributed by atoms with Crippen LogP contribution in [0.2, 0.25) is 0 Å². The summed E-state index contributed by atoms with van der Waals surface area (Å²) in [4.78, 5) is 32.7. The second-order valence-corrected chi connectivity index (χ2v) is 12.8. The number of nitrogens with one attached hydrogen (secondary N) is 1. The van der Waals surface area contributed by atoms with Crippen molar-refractivity contribution >= 4 is 54.1 Å². The Morgan fingerprint density at radius 3 is 2.65 bits per heavy atom. The standard InChI is InChI=1S/C26H34N6O6S2.H2/c1-31(2)12-13-32(3)22-10-9-21-25(28-22)39-26(27-21)29-24(34)23(30-38-15-4-14-33)18-5-7-19(8-6-18)40(35,36)20-11-16-37-17-20;/h5-10,20,33H,4,11-17H2,1-3H3,(H,27,29,34);1H/b30-23+;/t20-;/m0./s1. The molecule has 2 aromatic heterocycles. The number of sulfone groups is 1. The van der Waals surface area contributed by atoms with E-state index in [1.165, 1.54) is 35.6 Å². The third kappa shape index (κ3) is 7.31. The Balaban J connectivity index is 0.00000462. The molecular formula is C26H36N6O6S2. The second-order valence-electron chi connectivity index (χ2n) is 9.60. The average molecular weight is 593 g/mol. The number of likely N-dealkylation sites (N-methyl/N-ethyl adjacent to an activating group) is 2. The van der Waals surface area contributed by atoms with E-state index in [4.69, 9.17) is 14.7 Å². The molecule has 0 bridgehead atoms. The average Bonchev–Trinajstić information content (AvgIpc) is 3.62. The van der Waals surface area contributed by atoms with Gasteiger partial charge in [0.25, 0.3) is 5.91 Å². The first kappa shape index (κ1) is 29.8. The van der Waals surface area contributed by atoms with Gasteiger partial charge in [-0.2, -0.15) is 0 Å². The Labute approximate surface area is 239 Å². The van der Waals surface area contributed by atoms with Gasteiger partial charge in [-0.25, -0.2) is 18.4 Å². The smallest absolute Gasteiger partial charge is 0.280 e. The first-order valence-corrected chi connectivity index (χ1v) is 15.2. The highest BCUT2D eigenvalue weighted by Crippen LogP contribution is 2.27. The molecule has 3 aromatic rings. The minimum Gasteiger partial charge on any atom is -0.396 e. The molecule has 0 unspecified atom stereocenters. The van der Waals surface area contributed by atoms with E-state index >= 15 is 0 Å². The lowest BCUT2D eigenvalue weighted by atomic mass is 10.1. The molecule has 218 valence electrons. The lowest BCUT2D eigenvalue weighted by Gasteiger charge is -2.20. The number of carbonyl (C=O) groups excluding carboxylic acids is 1. The number of hydrogen-bond donors (Lipinski definition) is 2. The number of anilines is 2. The van der Waals surface area contributed by atoms with Gasteiger partial charge in [-0.15, -0.1) is 0 Å². The van der Waals surface area contributed by atoms with Crippen LogP contribution in [0.1, 0.15) is 19.8 Å². The van der Waals surface area contributed by atoms with E-state index in [9.17, 15) is 13.2 Å². The first-order valence-electron chi connectivity index (χ1n) is 12.9. The molecule has 1 aliphatic heterocycles. The molecule has 0 radical (unpaired) electrons. The Morgan fingerprint density at radius 2 is 1.98 bits per heavy atom. The third-order valence-electron chi connectivity index (χ3n) is 6.28. The van der Waals surface area contributed by atoms with E-state index < -0.39 is 21.0 Å². The maximum atomic E-state index is 13.3. The summed E-state index contributed by atoms with van der Waals surface area (Å²) in [7, 11) is 2.45. The number of pyridine rings is 1. The van der Waals surface area contributed by atoms with E-state index in [0.29, 0.717) is 40.5 Å². The van der Waals surface area contributed by atoms with Crippen molar-refractivity contribution in [2.24, 2.45) is 5.16 Å². The van der Waals surface area contributed by atoms with Crippen LogP contribution in [0.5, 0.6) is 0 Å². The number of rotatable bonds is 13. The number of aliphatic hydroxyl groups is 1. The zero-order valence-electron chi connectivity index (χ0n) is 22.7. The van der Waals surface area contributed by atoms with Crippen molar-refractivity contribution in [2.75, 3.05) is 70.9 Å². The van der Waals surface area contributed by atoms with E-state index in [1.807, 2.05) is 33.3 Å². The zero-order valence-corrected chi connectivity index (χ0v) is 24.4. The van der Waals surface area contributed by atoms with Crippen molar-refractivity contribution in [2.45, 2.75) is 23.0 Å². The highest BCUT2D eigenvalue weighted by molar-refractivity contribution is 7.92. The molecule has 1 saturated heterocycles. The van der Waals surface area contributed by atoms with Crippen LogP contribution in [0.25, 0.3) is 10.3 Å². The largest absolute Gasteiger partial charge is 0.396 e. The summed E-state index contributed by atoms with van der Waals surface area (Å²) < 4.78 is 31.0. The number of nitrogens with zero attached hydrogens (tertiary/aromatic N) is 5. The summed E-state index contributed by atoms with van der Waals surface area (Å²) in [5.74, 6) is 0.223. The fraction of sp³-hybridized carbons (Fsp3) is 0.462. The molecule has 2 N–H and O–H groups in total. The van der Waals surface area contributed by atoms with Gasteiger partial charge in [0, 0.05) is 46.8 Å². The van der Waals surface area contributed by atoms with Gasteiger partial charge in [-0.3, -0.25) is 10.1 Å².